The number of esters is 1. The van der Waals surface area contributed by atoms with Crippen LogP contribution in [-0.2, 0) is 38.4 Å². The molecule has 0 saturated carbocycles. The number of amides is 3. The van der Waals surface area contributed by atoms with Crippen molar-refractivity contribution in [1.82, 2.24) is 16.4 Å². The van der Waals surface area contributed by atoms with E-state index in [-0.39, 0.29) is 23.7 Å². The quantitative estimate of drug-likeness (QED) is 0.250. The summed E-state index contributed by atoms with van der Waals surface area (Å²) < 4.78 is 5.36. The minimum Gasteiger partial charge on any atom is -0.458 e. The third kappa shape index (κ3) is 12.1. The van der Waals surface area contributed by atoms with Crippen LogP contribution in [0.1, 0.15) is 89.5 Å². The second-order valence-electron chi connectivity index (χ2n) is 11.6. The van der Waals surface area contributed by atoms with Gasteiger partial charge in [-0.1, -0.05) is 68.7 Å². The van der Waals surface area contributed by atoms with Gasteiger partial charge in [0, 0.05) is 5.41 Å². The molecule has 210 valence electrons. The van der Waals surface area contributed by atoms with E-state index in [0.29, 0.717) is 6.42 Å². The molecular weight excluding hydrogens is 470 g/mol. The molecule has 0 aliphatic rings. The number of hydrogen-bond acceptors (Lipinski definition) is 8. The molecule has 11 nitrogen and oxygen atoms in total. The molecule has 36 heavy (non-hydrogen) atoms. The number of hydroxylamine groups is 3. The summed E-state index contributed by atoms with van der Waals surface area (Å²) >= 11 is 0. The summed E-state index contributed by atoms with van der Waals surface area (Å²) in [7, 11) is 0. The minimum atomic E-state index is -1.12. The molecule has 0 aromatic heterocycles. The van der Waals surface area contributed by atoms with Gasteiger partial charge in [0.05, 0.1) is 0 Å². The fraction of sp³-hybridized carbons (Fsp3) is 0.840. The van der Waals surface area contributed by atoms with Crippen molar-refractivity contribution < 1.29 is 38.4 Å². The fourth-order valence-corrected chi connectivity index (χ4v) is 2.58. The third-order valence-electron chi connectivity index (χ3n) is 5.06. The molecule has 0 rings (SSSR count). The first-order valence-electron chi connectivity index (χ1n) is 12.4. The highest BCUT2D eigenvalue weighted by atomic mass is 16.7. The van der Waals surface area contributed by atoms with Crippen LogP contribution in [0.25, 0.3) is 0 Å². The second-order valence-corrected chi connectivity index (χ2v) is 11.6. The summed E-state index contributed by atoms with van der Waals surface area (Å²) in [5, 5.41) is 0. The van der Waals surface area contributed by atoms with Gasteiger partial charge in [0.2, 0.25) is 5.91 Å². The van der Waals surface area contributed by atoms with Gasteiger partial charge in [-0.2, -0.15) is 0 Å². The molecular formula is C25H47N3O8. The normalized spacial score (nSPS) is 15.6. The maximum atomic E-state index is 12.9. The van der Waals surface area contributed by atoms with Gasteiger partial charge in [-0.25, -0.2) is 21.2 Å². The molecule has 0 aliphatic carbocycles. The molecule has 11 heteroatoms. The SMILES string of the molecule is CCC(C)[C@@H](ONC(=O)[C@H](ONC(=O)C(C)(C)C)C(C)C)C(=O)NO[C@@H](C(=O)OC(C)(C)C)C(C)C. The minimum absolute atomic E-state index is 0.282. The van der Waals surface area contributed by atoms with Gasteiger partial charge in [-0.3, -0.25) is 28.9 Å². The van der Waals surface area contributed by atoms with E-state index < -0.39 is 47.1 Å². The lowest BCUT2D eigenvalue weighted by molar-refractivity contribution is -0.185. The van der Waals surface area contributed by atoms with Crippen LogP contribution in [-0.4, -0.2) is 47.6 Å². The number of carbonyl (C=O) groups excluding carboxylic acids is 4. The second kappa shape index (κ2) is 14.5. The number of carbonyl (C=O) groups is 4. The largest absolute Gasteiger partial charge is 0.458 e. The lowest BCUT2D eigenvalue weighted by atomic mass is 9.96. The average molecular weight is 518 g/mol. The summed E-state index contributed by atoms with van der Waals surface area (Å²) in [6.45, 7) is 21.0. The molecule has 3 amide bonds. The van der Waals surface area contributed by atoms with Crippen molar-refractivity contribution in [3.8, 4) is 0 Å². The average Bonchev–Trinajstić information content (AvgIpc) is 2.71. The molecule has 0 fully saturated rings. The number of rotatable bonds is 13. The molecule has 0 aliphatic heterocycles. The molecule has 3 N–H and O–H groups in total. The van der Waals surface area contributed by atoms with Gasteiger partial charge in [-0.05, 0) is 38.5 Å². The van der Waals surface area contributed by atoms with E-state index in [9.17, 15) is 19.2 Å². The van der Waals surface area contributed by atoms with Crippen molar-refractivity contribution >= 4 is 23.7 Å². The Morgan fingerprint density at radius 3 is 1.47 bits per heavy atom. The van der Waals surface area contributed by atoms with Gasteiger partial charge < -0.3 is 4.74 Å². The highest BCUT2D eigenvalue weighted by Gasteiger charge is 2.34. The van der Waals surface area contributed by atoms with Gasteiger partial charge in [0.15, 0.2) is 18.3 Å². The predicted octanol–water partition coefficient (Wildman–Crippen LogP) is 2.98. The van der Waals surface area contributed by atoms with E-state index >= 15 is 0 Å². The third-order valence-corrected chi connectivity index (χ3v) is 5.06. The summed E-state index contributed by atoms with van der Waals surface area (Å²) in [4.78, 5) is 66.4. The Kier molecular flexibility index (Phi) is 13.6. The summed E-state index contributed by atoms with van der Waals surface area (Å²) in [6, 6.07) is 0. The number of ether oxygens (including phenoxy) is 1. The van der Waals surface area contributed by atoms with Crippen LogP contribution in [0, 0.1) is 23.2 Å². The van der Waals surface area contributed by atoms with Gasteiger partial charge in [-0.15, -0.1) is 0 Å². The Morgan fingerprint density at radius 1 is 0.667 bits per heavy atom. The van der Waals surface area contributed by atoms with Crippen molar-refractivity contribution in [3.63, 3.8) is 0 Å². The standard InChI is InChI=1S/C25H47N3O8/c1-13-16(6)19(21(30)27-35-18(15(4)5)22(31)33-25(10,11)12)36-26-20(29)17(14(2)3)34-28-23(32)24(7,8)9/h14-19H,13H2,1-12H3,(H,26,29)(H,27,30)(H,28,32)/t16?,17-,18-,19-/m1/s1. The molecule has 0 radical (unpaired) electrons. The zero-order valence-corrected chi connectivity index (χ0v) is 23.9. The summed E-state index contributed by atoms with van der Waals surface area (Å²) in [5.74, 6) is -3.26. The van der Waals surface area contributed by atoms with Crippen LogP contribution >= 0.6 is 0 Å². The Morgan fingerprint density at radius 2 is 1.08 bits per heavy atom. The van der Waals surface area contributed by atoms with Crippen LogP contribution < -0.4 is 16.4 Å². The first-order valence-corrected chi connectivity index (χ1v) is 12.4. The monoisotopic (exact) mass is 517 g/mol. The molecule has 1 unspecified atom stereocenters. The van der Waals surface area contributed by atoms with Crippen molar-refractivity contribution in [2.45, 2.75) is 113 Å². The fourth-order valence-electron chi connectivity index (χ4n) is 2.58. The highest BCUT2D eigenvalue weighted by Crippen LogP contribution is 2.17. The van der Waals surface area contributed by atoms with Crippen LogP contribution in [0.3, 0.4) is 0 Å². The van der Waals surface area contributed by atoms with Crippen molar-refractivity contribution in [2.24, 2.45) is 23.2 Å². The van der Waals surface area contributed by atoms with E-state index in [1.807, 2.05) is 6.92 Å². The number of nitrogens with one attached hydrogen (secondary N) is 3. The van der Waals surface area contributed by atoms with Crippen molar-refractivity contribution in [1.29, 1.82) is 0 Å². The van der Waals surface area contributed by atoms with E-state index in [1.165, 1.54) is 0 Å². The lowest BCUT2D eigenvalue weighted by Gasteiger charge is -2.28. The van der Waals surface area contributed by atoms with Crippen molar-refractivity contribution in [3.05, 3.63) is 0 Å². The first kappa shape index (κ1) is 33.8. The molecule has 0 aromatic carbocycles. The van der Waals surface area contributed by atoms with Crippen LogP contribution in [0.2, 0.25) is 0 Å². The van der Waals surface area contributed by atoms with E-state index in [0.717, 1.165) is 0 Å². The Balaban J connectivity index is 5.27. The van der Waals surface area contributed by atoms with Crippen molar-refractivity contribution in [2.75, 3.05) is 0 Å². The zero-order valence-electron chi connectivity index (χ0n) is 23.9. The Hall–Kier alpha value is -2.24. The number of hydrogen-bond donors (Lipinski definition) is 3. The molecule has 0 saturated heterocycles. The molecule has 4 atom stereocenters. The Bertz CT molecular complexity index is 741. The van der Waals surface area contributed by atoms with E-state index in [1.54, 1.807) is 76.2 Å². The predicted molar refractivity (Wildman–Crippen MR) is 133 cm³/mol. The summed E-state index contributed by atoms with van der Waals surface area (Å²) in [5.41, 5.74) is 5.42. The highest BCUT2D eigenvalue weighted by molar-refractivity contribution is 5.83. The van der Waals surface area contributed by atoms with Gasteiger partial charge in [0.25, 0.3) is 11.8 Å². The summed E-state index contributed by atoms with van der Waals surface area (Å²) in [6.07, 6.45) is -2.67. The zero-order chi connectivity index (χ0) is 28.4. The van der Waals surface area contributed by atoms with Crippen LogP contribution in [0.5, 0.6) is 0 Å². The molecule has 0 heterocycles. The van der Waals surface area contributed by atoms with Gasteiger partial charge in [0.1, 0.15) is 5.60 Å². The Labute approximate surface area is 215 Å². The maximum absolute atomic E-state index is 12.9. The smallest absolute Gasteiger partial charge is 0.338 e. The first-order chi connectivity index (χ1) is 16.3. The molecule has 0 aromatic rings. The van der Waals surface area contributed by atoms with Crippen LogP contribution in [0.15, 0.2) is 0 Å². The molecule has 0 spiro atoms. The topological polar surface area (TPSA) is 141 Å². The van der Waals surface area contributed by atoms with Crippen LogP contribution in [0.4, 0.5) is 0 Å². The van der Waals surface area contributed by atoms with E-state index in [2.05, 4.69) is 16.4 Å². The van der Waals surface area contributed by atoms with Gasteiger partial charge >= 0.3 is 5.97 Å². The van der Waals surface area contributed by atoms with E-state index in [4.69, 9.17) is 19.2 Å². The maximum Gasteiger partial charge on any atom is 0.338 e. The molecule has 0 bridgehead atoms. The lowest BCUT2D eigenvalue weighted by Crippen LogP contribution is -2.50.